The van der Waals surface area contributed by atoms with Crippen LogP contribution in [0.4, 0.5) is 4.39 Å². The highest BCUT2D eigenvalue weighted by Gasteiger charge is 2.22. The van der Waals surface area contributed by atoms with Gasteiger partial charge < -0.3 is 18.9 Å². The van der Waals surface area contributed by atoms with Crippen LogP contribution in [-0.2, 0) is 11.3 Å². The summed E-state index contributed by atoms with van der Waals surface area (Å²) in [6.45, 7) is 8.67. The number of benzene rings is 2. The van der Waals surface area contributed by atoms with Gasteiger partial charge in [-0.15, -0.1) is 0 Å². The maximum Gasteiger partial charge on any atom is 0.340 e. The number of nitrogens with zero attached hydrogens (tertiary/aromatic N) is 2. The second-order valence-electron chi connectivity index (χ2n) is 8.68. The van der Waals surface area contributed by atoms with E-state index in [1.807, 2.05) is 32.0 Å². The van der Waals surface area contributed by atoms with Crippen LogP contribution in [-0.4, -0.2) is 48.3 Å². The predicted octanol–water partition coefficient (Wildman–Crippen LogP) is 5.57. The number of ether oxygens (including phenoxy) is 2. The number of piperidine rings is 1. The molecule has 176 valence electrons. The molecule has 0 radical (unpaired) electrons. The molecule has 0 saturated carbocycles. The summed E-state index contributed by atoms with van der Waals surface area (Å²) in [5.41, 5.74) is 3.29. The minimum absolute atomic E-state index is 0.262. The Kier molecular flexibility index (Phi) is 7.65. The third-order valence-electron chi connectivity index (χ3n) is 6.36. The molecule has 2 aromatic carbocycles. The Hall–Kier alpha value is -2.86. The van der Waals surface area contributed by atoms with Crippen LogP contribution in [0.5, 0.6) is 5.75 Å². The fraction of sp³-hybridized carbons (Fsp3) is 0.444. The van der Waals surface area contributed by atoms with Gasteiger partial charge in [0.2, 0.25) is 0 Å². The summed E-state index contributed by atoms with van der Waals surface area (Å²) in [5, 5.41) is 0.821. The SMILES string of the molecule is CCOC(=O)c1c(C)n(Cc2ccc(F)cc2)c2ccc(OCCCN3CCCCC3)cc12. The van der Waals surface area contributed by atoms with Crippen molar-refractivity contribution in [2.24, 2.45) is 0 Å². The van der Waals surface area contributed by atoms with E-state index in [4.69, 9.17) is 9.47 Å². The van der Waals surface area contributed by atoms with E-state index in [2.05, 4.69) is 9.47 Å². The molecule has 0 spiro atoms. The quantitative estimate of drug-likeness (QED) is 0.315. The molecular weight excluding hydrogens is 419 g/mol. The van der Waals surface area contributed by atoms with Gasteiger partial charge in [-0.25, -0.2) is 9.18 Å². The highest BCUT2D eigenvalue weighted by Crippen LogP contribution is 2.31. The summed E-state index contributed by atoms with van der Waals surface area (Å²) in [6, 6.07) is 12.3. The number of hydrogen-bond acceptors (Lipinski definition) is 4. The van der Waals surface area contributed by atoms with Gasteiger partial charge in [0.25, 0.3) is 0 Å². The third-order valence-corrected chi connectivity index (χ3v) is 6.36. The number of halogens is 1. The first kappa shape index (κ1) is 23.3. The fourth-order valence-corrected chi connectivity index (χ4v) is 4.65. The number of aromatic nitrogens is 1. The van der Waals surface area contributed by atoms with E-state index < -0.39 is 0 Å². The van der Waals surface area contributed by atoms with Gasteiger partial charge >= 0.3 is 5.97 Å². The van der Waals surface area contributed by atoms with E-state index in [0.717, 1.165) is 40.9 Å². The summed E-state index contributed by atoms with van der Waals surface area (Å²) in [7, 11) is 0. The van der Waals surface area contributed by atoms with E-state index in [1.54, 1.807) is 12.1 Å². The molecule has 0 unspecified atom stereocenters. The molecule has 4 rings (SSSR count). The highest BCUT2D eigenvalue weighted by molar-refractivity contribution is 6.06. The van der Waals surface area contributed by atoms with Crippen molar-refractivity contribution in [2.45, 2.75) is 46.1 Å². The van der Waals surface area contributed by atoms with Crippen LogP contribution in [0.3, 0.4) is 0 Å². The monoisotopic (exact) mass is 452 g/mol. The Bertz CT molecular complexity index is 1080. The molecule has 6 heteroatoms. The van der Waals surface area contributed by atoms with E-state index >= 15 is 0 Å². The van der Waals surface area contributed by atoms with Crippen molar-refractivity contribution < 1.29 is 18.7 Å². The Labute approximate surface area is 195 Å². The molecule has 0 atom stereocenters. The van der Waals surface area contributed by atoms with Crippen molar-refractivity contribution in [1.82, 2.24) is 9.47 Å². The molecule has 0 amide bonds. The molecule has 0 bridgehead atoms. The minimum atomic E-state index is -0.333. The standard InChI is InChI=1S/C27H33FN2O3/c1-3-32-27(31)26-20(2)30(19-21-8-10-22(28)11-9-21)25-13-12-23(18-24(25)26)33-17-7-16-29-14-5-4-6-15-29/h8-13,18H,3-7,14-17,19H2,1-2H3. The zero-order valence-electron chi connectivity index (χ0n) is 19.6. The average molecular weight is 453 g/mol. The summed E-state index contributed by atoms with van der Waals surface area (Å²) in [6.07, 6.45) is 4.91. The molecule has 5 nitrogen and oxygen atoms in total. The van der Waals surface area contributed by atoms with Crippen LogP contribution in [0.2, 0.25) is 0 Å². The van der Waals surface area contributed by atoms with E-state index in [9.17, 15) is 9.18 Å². The molecule has 0 aliphatic carbocycles. The topological polar surface area (TPSA) is 43.7 Å². The number of likely N-dealkylation sites (tertiary alicyclic amines) is 1. The lowest BCUT2D eigenvalue weighted by Crippen LogP contribution is -2.31. The molecule has 1 aromatic heterocycles. The van der Waals surface area contributed by atoms with Gasteiger partial charge in [-0.2, -0.15) is 0 Å². The summed E-state index contributed by atoms with van der Waals surface area (Å²) < 4.78 is 26.8. The molecule has 1 aliphatic rings. The van der Waals surface area contributed by atoms with Gasteiger partial charge in [-0.1, -0.05) is 18.6 Å². The zero-order chi connectivity index (χ0) is 23.2. The Balaban J connectivity index is 1.55. The molecule has 0 N–H and O–H groups in total. The summed E-state index contributed by atoms with van der Waals surface area (Å²) in [4.78, 5) is 15.3. The molecular formula is C27H33FN2O3. The first-order chi connectivity index (χ1) is 16.1. The number of carbonyl (C=O) groups excluding carboxylic acids is 1. The van der Waals surface area contributed by atoms with Gasteiger partial charge in [0.15, 0.2) is 0 Å². The van der Waals surface area contributed by atoms with Crippen molar-refractivity contribution >= 4 is 16.9 Å². The number of rotatable bonds is 9. The second-order valence-corrected chi connectivity index (χ2v) is 8.68. The van der Waals surface area contributed by atoms with Crippen LogP contribution < -0.4 is 4.74 Å². The van der Waals surface area contributed by atoms with Gasteiger partial charge in [0, 0.05) is 29.7 Å². The smallest absolute Gasteiger partial charge is 0.340 e. The lowest BCUT2D eigenvalue weighted by Gasteiger charge is -2.26. The van der Waals surface area contributed by atoms with Crippen molar-refractivity contribution in [1.29, 1.82) is 0 Å². The largest absolute Gasteiger partial charge is 0.494 e. The van der Waals surface area contributed by atoms with Crippen LogP contribution in [0.25, 0.3) is 10.9 Å². The van der Waals surface area contributed by atoms with Crippen molar-refractivity contribution in [2.75, 3.05) is 32.8 Å². The Morgan fingerprint density at radius 1 is 1.06 bits per heavy atom. The number of carbonyl (C=O) groups is 1. The Morgan fingerprint density at radius 3 is 2.55 bits per heavy atom. The van der Waals surface area contributed by atoms with Crippen LogP contribution in [0.15, 0.2) is 42.5 Å². The van der Waals surface area contributed by atoms with E-state index in [-0.39, 0.29) is 11.8 Å². The lowest BCUT2D eigenvalue weighted by atomic mass is 10.1. The van der Waals surface area contributed by atoms with Crippen molar-refractivity contribution in [3.8, 4) is 5.75 Å². The van der Waals surface area contributed by atoms with Crippen LogP contribution >= 0.6 is 0 Å². The second kappa shape index (κ2) is 10.8. The molecule has 2 heterocycles. The first-order valence-electron chi connectivity index (χ1n) is 12.0. The average Bonchev–Trinajstić information content (AvgIpc) is 3.09. The maximum absolute atomic E-state index is 13.3. The Morgan fingerprint density at radius 2 is 1.82 bits per heavy atom. The molecule has 1 fully saturated rings. The van der Waals surface area contributed by atoms with Gasteiger partial charge in [0.1, 0.15) is 11.6 Å². The lowest BCUT2D eigenvalue weighted by molar-refractivity contribution is 0.0527. The van der Waals surface area contributed by atoms with Crippen LogP contribution in [0, 0.1) is 12.7 Å². The summed E-state index contributed by atoms with van der Waals surface area (Å²) >= 11 is 0. The number of esters is 1. The van der Waals surface area contributed by atoms with Gasteiger partial charge in [-0.05, 0) is 82.1 Å². The maximum atomic E-state index is 13.3. The normalized spacial score (nSPS) is 14.5. The molecule has 33 heavy (non-hydrogen) atoms. The molecule has 1 saturated heterocycles. The first-order valence-corrected chi connectivity index (χ1v) is 12.0. The minimum Gasteiger partial charge on any atom is -0.494 e. The van der Waals surface area contributed by atoms with Crippen LogP contribution in [0.1, 0.15) is 54.2 Å². The van der Waals surface area contributed by atoms with E-state index in [0.29, 0.717) is 25.3 Å². The molecule has 1 aliphatic heterocycles. The van der Waals surface area contributed by atoms with Crippen molar-refractivity contribution in [3.05, 3.63) is 65.1 Å². The summed E-state index contributed by atoms with van der Waals surface area (Å²) in [5.74, 6) is 0.160. The van der Waals surface area contributed by atoms with Crippen molar-refractivity contribution in [3.63, 3.8) is 0 Å². The molecule has 3 aromatic rings. The number of fused-ring (bicyclic) bond motifs is 1. The zero-order valence-corrected chi connectivity index (χ0v) is 19.6. The third kappa shape index (κ3) is 5.56. The van der Waals surface area contributed by atoms with E-state index in [1.165, 1.54) is 44.5 Å². The van der Waals surface area contributed by atoms with Gasteiger partial charge in [-0.3, -0.25) is 0 Å². The number of hydrogen-bond donors (Lipinski definition) is 0. The highest BCUT2D eigenvalue weighted by atomic mass is 19.1. The van der Waals surface area contributed by atoms with Gasteiger partial charge in [0.05, 0.1) is 18.8 Å². The predicted molar refractivity (Wildman–Crippen MR) is 129 cm³/mol. The fourth-order valence-electron chi connectivity index (χ4n) is 4.65.